The fourth-order valence-electron chi connectivity index (χ4n) is 2.29. The average molecular weight is 319 g/mol. The number of hydrogen-bond donors (Lipinski definition) is 1. The van der Waals surface area contributed by atoms with Gasteiger partial charge in [0.15, 0.2) is 5.01 Å². The van der Waals surface area contributed by atoms with Gasteiger partial charge in [0.1, 0.15) is 5.60 Å². The van der Waals surface area contributed by atoms with Crippen LogP contribution >= 0.6 is 11.3 Å². The summed E-state index contributed by atoms with van der Waals surface area (Å²) in [5, 5.41) is 9.14. The third-order valence-electron chi connectivity index (χ3n) is 3.48. The van der Waals surface area contributed by atoms with Gasteiger partial charge in [-0.3, -0.25) is 0 Å². The van der Waals surface area contributed by atoms with Crippen molar-refractivity contribution in [2.45, 2.75) is 43.6 Å². The fourth-order valence-corrected chi connectivity index (χ4v) is 3.22. The van der Waals surface area contributed by atoms with Gasteiger partial charge in [-0.15, -0.1) is 11.3 Å². The number of nitrogens with zero attached hydrogens (tertiary/aromatic N) is 1. The minimum absolute atomic E-state index is 0.0227. The third kappa shape index (κ3) is 3.08. The lowest BCUT2D eigenvalue weighted by Gasteiger charge is -2.35. The Morgan fingerprint density at radius 3 is 2.10 bits per heavy atom. The van der Waals surface area contributed by atoms with Crippen molar-refractivity contribution in [3.63, 3.8) is 0 Å². The molecule has 2 nitrogen and oxygen atoms in total. The molecule has 1 aromatic rings. The predicted octanol–water partition coefficient (Wildman–Crippen LogP) is 4.10. The van der Waals surface area contributed by atoms with Gasteiger partial charge in [0, 0.05) is 6.20 Å². The van der Waals surface area contributed by atoms with E-state index in [2.05, 4.69) is 4.98 Å². The average Bonchev–Trinajstić information content (AvgIpc) is 2.77. The molecule has 9 heteroatoms. The Balaban J connectivity index is 2.12. The smallest absolute Gasteiger partial charge is 0.384 e. The SMILES string of the molecule is OC1(c2cnc(C(F)(F)F)s2)CCC(C(F)(F)F)CC1. The molecule has 0 spiro atoms. The van der Waals surface area contributed by atoms with Crippen LogP contribution in [0.5, 0.6) is 0 Å². The molecular formula is C11H11F6NOS. The van der Waals surface area contributed by atoms with Crippen LogP contribution in [0.4, 0.5) is 26.3 Å². The number of halogens is 6. The fraction of sp³-hybridized carbons (Fsp3) is 0.727. The van der Waals surface area contributed by atoms with E-state index in [0.717, 1.165) is 6.20 Å². The lowest BCUT2D eigenvalue weighted by molar-refractivity contribution is -0.192. The van der Waals surface area contributed by atoms with Crippen LogP contribution in [0.15, 0.2) is 6.20 Å². The van der Waals surface area contributed by atoms with Gasteiger partial charge in [0.2, 0.25) is 0 Å². The zero-order valence-corrected chi connectivity index (χ0v) is 10.9. The van der Waals surface area contributed by atoms with E-state index < -0.39 is 28.9 Å². The van der Waals surface area contributed by atoms with Gasteiger partial charge < -0.3 is 5.11 Å². The first-order chi connectivity index (χ1) is 9.02. The standard InChI is InChI=1S/C11H11F6NOS/c12-10(13,14)6-1-3-9(19,4-2-6)7-5-18-8(20-7)11(15,16)17/h5-6,19H,1-4H2. The Bertz CT molecular complexity index is 472. The minimum Gasteiger partial charge on any atom is -0.384 e. The number of alkyl halides is 6. The molecule has 1 aliphatic rings. The van der Waals surface area contributed by atoms with Gasteiger partial charge in [-0.2, -0.15) is 26.3 Å². The van der Waals surface area contributed by atoms with Crippen molar-refractivity contribution in [2.24, 2.45) is 5.92 Å². The topological polar surface area (TPSA) is 33.1 Å². The molecule has 20 heavy (non-hydrogen) atoms. The maximum atomic E-state index is 12.5. The highest BCUT2D eigenvalue weighted by atomic mass is 32.1. The summed E-state index contributed by atoms with van der Waals surface area (Å²) in [4.78, 5) is 3.16. The van der Waals surface area contributed by atoms with Crippen molar-refractivity contribution in [3.05, 3.63) is 16.1 Å². The molecule has 0 atom stereocenters. The number of aromatic nitrogens is 1. The lowest BCUT2D eigenvalue weighted by atomic mass is 9.78. The molecule has 114 valence electrons. The van der Waals surface area contributed by atoms with Crippen LogP contribution in [0.1, 0.15) is 35.6 Å². The molecule has 1 aliphatic carbocycles. The number of rotatable bonds is 1. The highest BCUT2D eigenvalue weighted by Gasteiger charge is 2.47. The predicted molar refractivity (Wildman–Crippen MR) is 59.0 cm³/mol. The van der Waals surface area contributed by atoms with E-state index in [1.165, 1.54) is 0 Å². The van der Waals surface area contributed by atoms with Crippen LogP contribution in [0.25, 0.3) is 0 Å². The van der Waals surface area contributed by atoms with E-state index in [0.29, 0.717) is 0 Å². The molecule has 1 heterocycles. The number of aliphatic hydroxyl groups is 1. The zero-order valence-electron chi connectivity index (χ0n) is 10.1. The Kier molecular flexibility index (Phi) is 3.79. The summed E-state index contributed by atoms with van der Waals surface area (Å²) >= 11 is 0.287. The maximum Gasteiger partial charge on any atom is 0.443 e. The van der Waals surface area contributed by atoms with Crippen LogP contribution in [0.2, 0.25) is 0 Å². The molecule has 1 saturated carbocycles. The monoisotopic (exact) mass is 319 g/mol. The Labute approximate surface area is 114 Å². The minimum atomic E-state index is -4.61. The Hall–Kier alpha value is -0.830. The molecule has 0 aliphatic heterocycles. The summed E-state index contributed by atoms with van der Waals surface area (Å²) in [5.41, 5.74) is -1.64. The van der Waals surface area contributed by atoms with E-state index in [-0.39, 0.29) is 41.9 Å². The highest BCUT2D eigenvalue weighted by molar-refractivity contribution is 7.11. The molecule has 0 saturated heterocycles. The van der Waals surface area contributed by atoms with Gasteiger partial charge in [-0.1, -0.05) is 0 Å². The van der Waals surface area contributed by atoms with Crippen LogP contribution in [0, 0.1) is 5.92 Å². The molecule has 2 rings (SSSR count). The Morgan fingerprint density at radius 2 is 1.70 bits per heavy atom. The molecule has 0 bridgehead atoms. The molecule has 0 unspecified atom stereocenters. The first kappa shape index (κ1) is 15.6. The molecule has 0 aromatic carbocycles. The quantitative estimate of drug-likeness (QED) is 0.791. The van der Waals surface area contributed by atoms with E-state index in [1.807, 2.05) is 0 Å². The number of hydrogen-bond acceptors (Lipinski definition) is 3. The summed E-state index contributed by atoms with van der Waals surface area (Å²) in [5.74, 6) is -1.50. The van der Waals surface area contributed by atoms with Crippen LogP contribution < -0.4 is 0 Å². The third-order valence-corrected chi connectivity index (χ3v) is 4.72. The van der Waals surface area contributed by atoms with Crippen molar-refractivity contribution in [3.8, 4) is 0 Å². The lowest BCUT2D eigenvalue weighted by Crippen LogP contribution is -2.35. The van der Waals surface area contributed by atoms with Gasteiger partial charge in [-0.25, -0.2) is 4.98 Å². The van der Waals surface area contributed by atoms with Crippen molar-refractivity contribution in [1.82, 2.24) is 4.98 Å². The molecule has 0 amide bonds. The Morgan fingerprint density at radius 1 is 1.15 bits per heavy atom. The molecule has 1 aromatic heterocycles. The summed E-state index contributed by atoms with van der Waals surface area (Å²) in [6.45, 7) is 0. The van der Waals surface area contributed by atoms with Gasteiger partial charge in [0.05, 0.1) is 10.8 Å². The normalized spacial score (nSPS) is 28.6. The second-order valence-corrected chi connectivity index (χ2v) is 5.91. The van der Waals surface area contributed by atoms with Crippen LogP contribution in [-0.4, -0.2) is 16.3 Å². The molecule has 1 N–H and O–H groups in total. The highest BCUT2D eigenvalue weighted by Crippen LogP contribution is 2.47. The first-order valence-electron chi connectivity index (χ1n) is 5.85. The van der Waals surface area contributed by atoms with Crippen molar-refractivity contribution in [2.75, 3.05) is 0 Å². The van der Waals surface area contributed by atoms with Gasteiger partial charge in [-0.05, 0) is 25.7 Å². The second kappa shape index (κ2) is 4.87. The van der Waals surface area contributed by atoms with E-state index in [9.17, 15) is 31.4 Å². The second-order valence-electron chi connectivity index (χ2n) is 4.87. The molecular weight excluding hydrogens is 308 g/mol. The van der Waals surface area contributed by atoms with Crippen molar-refractivity contribution >= 4 is 11.3 Å². The zero-order chi connectivity index (χ0) is 15.2. The molecule has 1 fully saturated rings. The van der Waals surface area contributed by atoms with E-state index in [4.69, 9.17) is 0 Å². The number of thiazole rings is 1. The van der Waals surface area contributed by atoms with Gasteiger partial charge >= 0.3 is 12.4 Å². The summed E-state index contributed by atoms with van der Waals surface area (Å²) < 4.78 is 74.8. The summed E-state index contributed by atoms with van der Waals surface area (Å²) in [7, 11) is 0. The maximum absolute atomic E-state index is 12.5. The van der Waals surface area contributed by atoms with Crippen LogP contribution in [-0.2, 0) is 11.8 Å². The van der Waals surface area contributed by atoms with Crippen LogP contribution in [0.3, 0.4) is 0 Å². The molecule has 0 radical (unpaired) electrons. The van der Waals surface area contributed by atoms with Crippen molar-refractivity contribution in [1.29, 1.82) is 0 Å². The summed E-state index contributed by atoms with van der Waals surface area (Å²) in [6, 6.07) is 0. The van der Waals surface area contributed by atoms with Gasteiger partial charge in [0.25, 0.3) is 0 Å². The van der Waals surface area contributed by atoms with E-state index >= 15 is 0 Å². The largest absolute Gasteiger partial charge is 0.443 e. The summed E-state index contributed by atoms with van der Waals surface area (Å²) in [6.07, 6.45) is -9.04. The first-order valence-corrected chi connectivity index (χ1v) is 6.67. The van der Waals surface area contributed by atoms with Crippen molar-refractivity contribution < 1.29 is 31.4 Å². The van der Waals surface area contributed by atoms with E-state index in [1.54, 1.807) is 0 Å².